The third-order valence-electron chi connectivity index (χ3n) is 4.84. The van der Waals surface area contributed by atoms with Gasteiger partial charge in [0.05, 0.1) is 6.54 Å². The van der Waals surface area contributed by atoms with Gasteiger partial charge in [-0.3, -0.25) is 9.59 Å². The zero-order chi connectivity index (χ0) is 19.2. The average Bonchev–Trinajstić information content (AvgIpc) is 2.94. The zero-order valence-electron chi connectivity index (χ0n) is 15.5. The van der Waals surface area contributed by atoms with Crippen LogP contribution in [0.4, 0.5) is 0 Å². The van der Waals surface area contributed by atoms with Gasteiger partial charge in [-0.25, -0.2) is 0 Å². The summed E-state index contributed by atoms with van der Waals surface area (Å²) in [5.41, 5.74) is 5.62. The second kappa shape index (κ2) is 12.3. The average molecular weight is 436 g/mol. The number of aliphatic carboxylic acids is 1. The Hall–Kier alpha value is -1.36. The molecule has 2 atom stereocenters. The highest BCUT2D eigenvalue weighted by Crippen LogP contribution is 2.30. The molecule has 28 heavy (non-hydrogen) atoms. The summed E-state index contributed by atoms with van der Waals surface area (Å²) in [5, 5.41) is 30.4. The first-order valence-electron chi connectivity index (χ1n) is 8.73. The maximum atomic E-state index is 12.4. The van der Waals surface area contributed by atoms with Crippen LogP contribution in [0.5, 0.6) is 0 Å². The van der Waals surface area contributed by atoms with Crippen LogP contribution in [0.3, 0.4) is 0 Å². The molecule has 1 aromatic carbocycles. The van der Waals surface area contributed by atoms with Crippen LogP contribution in [0.1, 0.15) is 18.4 Å². The van der Waals surface area contributed by atoms with E-state index < -0.39 is 24.5 Å². The molecule has 0 unspecified atom stereocenters. The van der Waals surface area contributed by atoms with Gasteiger partial charge in [0.1, 0.15) is 5.54 Å². The fraction of sp³-hybridized carbons (Fsp3) is 0.529. The van der Waals surface area contributed by atoms with Crippen molar-refractivity contribution in [1.29, 1.82) is 0 Å². The third kappa shape index (κ3) is 7.23. The number of likely N-dealkylation sites (tertiary alicyclic amines) is 1. The van der Waals surface area contributed by atoms with Crippen LogP contribution in [-0.2, 0) is 16.1 Å². The van der Waals surface area contributed by atoms with Gasteiger partial charge in [0.25, 0.3) is 0 Å². The lowest BCUT2D eigenvalue weighted by Crippen LogP contribution is -2.55. The van der Waals surface area contributed by atoms with Gasteiger partial charge >= 0.3 is 13.1 Å². The van der Waals surface area contributed by atoms with E-state index in [-0.39, 0.29) is 56.7 Å². The summed E-state index contributed by atoms with van der Waals surface area (Å²) in [6.07, 6.45) is 1.00. The van der Waals surface area contributed by atoms with Crippen LogP contribution in [0.2, 0.25) is 6.32 Å². The number of halogens is 2. The maximum absolute atomic E-state index is 12.4. The molecule has 1 fully saturated rings. The lowest BCUT2D eigenvalue weighted by Gasteiger charge is -2.25. The number of carboxylic acid groups (broad SMARTS) is 1. The Labute approximate surface area is 177 Å². The molecule has 1 aliphatic rings. The second-order valence-corrected chi connectivity index (χ2v) is 6.82. The van der Waals surface area contributed by atoms with E-state index in [0.717, 1.165) is 5.56 Å². The maximum Gasteiger partial charge on any atom is 0.451 e. The molecule has 0 bridgehead atoms. The van der Waals surface area contributed by atoms with E-state index in [9.17, 15) is 14.7 Å². The molecular formula is C17H28BCl2N3O5. The standard InChI is InChI=1S/C17H26BN3O5.2ClH/c19-17(16(23)24)12-21(11-14(17)7-4-8-18(25)26)15(22)10-20-9-13-5-2-1-3-6-13;;/h1-3,5-6,14,20,25-26H,4,7-12,19H2,(H,23,24);2*1H/t14-,17-;;/m0../s1. The summed E-state index contributed by atoms with van der Waals surface area (Å²) in [4.78, 5) is 25.5. The van der Waals surface area contributed by atoms with Gasteiger partial charge in [0.15, 0.2) is 0 Å². The van der Waals surface area contributed by atoms with Gasteiger partial charge in [-0.1, -0.05) is 36.8 Å². The minimum atomic E-state index is -1.50. The van der Waals surface area contributed by atoms with Crippen LogP contribution in [0.25, 0.3) is 0 Å². The third-order valence-corrected chi connectivity index (χ3v) is 4.84. The molecule has 158 valence electrons. The Morgan fingerprint density at radius 2 is 1.89 bits per heavy atom. The summed E-state index contributed by atoms with van der Waals surface area (Å²) in [6.45, 7) is 0.869. The highest BCUT2D eigenvalue weighted by Gasteiger charge is 2.50. The van der Waals surface area contributed by atoms with E-state index in [1.807, 2.05) is 30.3 Å². The molecule has 1 aliphatic heterocycles. The van der Waals surface area contributed by atoms with Crippen LogP contribution in [-0.4, -0.2) is 64.2 Å². The predicted molar refractivity (Wildman–Crippen MR) is 112 cm³/mol. The first-order chi connectivity index (χ1) is 12.3. The van der Waals surface area contributed by atoms with Gasteiger partial charge in [0, 0.05) is 25.6 Å². The smallest absolute Gasteiger partial charge is 0.451 e. The Balaban J connectivity index is 0.00000364. The summed E-state index contributed by atoms with van der Waals surface area (Å²) < 4.78 is 0. The molecule has 2 rings (SSSR count). The number of carboxylic acids is 1. The van der Waals surface area contributed by atoms with E-state index >= 15 is 0 Å². The quantitative estimate of drug-likeness (QED) is 0.347. The summed E-state index contributed by atoms with van der Waals surface area (Å²) in [7, 11) is -1.42. The number of hydrogen-bond donors (Lipinski definition) is 5. The zero-order valence-corrected chi connectivity index (χ0v) is 17.1. The van der Waals surface area contributed by atoms with Crippen LogP contribution in [0, 0.1) is 5.92 Å². The summed E-state index contributed by atoms with van der Waals surface area (Å²) >= 11 is 0. The van der Waals surface area contributed by atoms with Crippen LogP contribution < -0.4 is 11.1 Å². The van der Waals surface area contributed by atoms with Crippen molar-refractivity contribution in [1.82, 2.24) is 10.2 Å². The minimum absolute atomic E-state index is 0. The van der Waals surface area contributed by atoms with Gasteiger partial charge in [-0.2, -0.15) is 0 Å². The molecule has 0 aromatic heterocycles. The molecule has 0 spiro atoms. The highest BCUT2D eigenvalue weighted by molar-refractivity contribution is 6.40. The Morgan fingerprint density at radius 1 is 1.25 bits per heavy atom. The van der Waals surface area contributed by atoms with Crippen molar-refractivity contribution in [3.8, 4) is 0 Å². The fourth-order valence-electron chi connectivity index (χ4n) is 3.29. The molecular weight excluding hydrogens is 408 g/mol. The minimum Gasteiger partial charge on any atom is -0.480 e. The normalized spacial score (nSPS) is 20.8. The molecule has 8 nitrogen and oxygen atoms in total. The lowest BCUT2D eigenvalue weighted by atomic mass is 9.78. The molecule has 1 saturated heterocycles. The number of rotatable bonds is 9. The van der Waals surface area contributed by atoms with Crippen LogP contribution in [0.15, 0.2) is 30.3 Å². The first kappa shape index (κ1) is 26.6. The number of carbonyl (C=O) groups is 2. The van der Waals surface area contributed by atoms with Gasteiger partial charge in [-0.15, -0.1) is 24.8 Å². The van der Waals surface area contributed by atoms with Crippen molar-refractivity contribution in [3.05, 3.63) is 35.9 Å². The largest absolute Gasteiger partial charge is 0.480 e. The second-order valence-electron chi connectivity index (χ2n) is 6.82. The van der Waals surface area contributed by atoms with E-state index in [4.69, 9.17) is 15.8 Å². The first-order valence-corrected chi connectivity index (χ1v) is 8.73. The Morgan fingerprint density at radius 3 is 2.46 bits per heavy atom. The van der Waals surface area contributed by atoms with Crippen molar-refractivity contribution in [2.24, 2.45) is 11.7 Å². The number of amides is 1. The molecule has 0 aliphatic carbocycles. The van der Waals surface area contributed by atoms with E-state index in [1.54, 1.807) is 0 Å². The van der Waals surface area contributed by atoms with Gasteiger partial charge in [-0.05, 0) is 18.3 Å². The Bertz CT molecular complexity index is 626. The number of benzene rings is 1. The monoisotopic (exact) mass is 435 g/mol. The summed E-state index contributed by atoms with van der Waals surface area (Å²) in [5.74, 6) is -1.75. The SMILES string of the molecule is Cl.Cl.N[C@@]1(C(=O)O)CN(C(=O)CNCc2ccccc2)C[C@@H]1CCCB(O)O. The molecule has 0 radical (unpaired) electrons. The van der Waals surface area contributed by atoms with Crippen molar-refractivity contribution >= 4 is 43.8 Å². The van der Waals surface area contributed by atoms with Crippen molar-refractivity contribution in [3.63, 3.8) is 0 Å². The number of nitrogens with one attached hydrogen (secondary N) is 1. The predicted octanol–water partition coefficient (Wildman–Crippen LogP) is 0.113. The lowest BCUT2D eigenvalue weighted by molar-refractivity contribution is -0.144. The number of carbonyl (C=O) groups excluding carboxylic acids is 1. The molecule has 6 N–H and O–H groups in total. The molecule has 0 saturated carbocycles. The number of nitrogens with two attached hydrogens (primary N) is 1. The summed E-state index contributed by atoms with van der Waals surface area (Å²) in [6, 6.07) is 9.66. The van der Waals surface area contributed by atoms with Crippen molar-refractivity contribution in [2.75, 3.05) is 19.6 Å². The topological polar surface area (TPSA) is 136 Å². The molecule has 1 amide bonds. The van der Waals surface area contributed by atoms with E-state index in [2.05, 4.69) is 5.32 Å². The highest BCUT2D eigenvalue weighted by atomic mass is 35.5. The van der Waals surface area contributed by atoms with Gasteiger partial charge < -0.3 is 31.1 Å². The molecule has 1 heterocycles. The van der Waals surface area contributed by atoms with E-state index in [1.165, 1.54) is 4.90 Å². The van der Waals surface area contributed by atoms with Crippen molar-refractivity contribution in [2.45, 2.75) is 31.2 Å². The number of nitrogens with zero attached hydrogens (tertiary/aromatic N) is 1. The Kier molecular flexibility index (Phi) is 11.7. The van der Waals surface area contributed by atoms with Crippen LogP contribution >= 0.6 is 24.8 Å². The molecule has 1 aromatic rings. The molecule has 11 heteroatoms. The fourth-order valence-corrected chi connectivity index (χ4v) is 3.29. The van der Waals surface area contributed by atoms with Crippen molar-refractivity contribution < 1.29 is 24.7 Å². The van der Waals surface area contributed by atoms with Gasteiger partial charge in [0.2, 0.25) is 5.91 Å². The van der Waals surface area contributed by atoms with E-state index in [0.29, 0.717) is 19.4 Å². The number of hydrogen-bond acceptors (Lipinski definition) is 6.